The third-order valence-corrected chi connectivity index (χ3v) is 3.68. The molecule has 0 aliphatic carbocycles. The fourth-order valence-electron chi connectivity index (χ4n) is 2.27. The molecule has 0 N–H and O–H groups in total. The van der Waals surface area contributed by atoms with Gasteiger partial charge in [0.2, 0.25) is 0 Å². The molecule has 1 heterocycles. The lowest BCUT2D eigenvalue weighted by Gasteiger charge is -2.26. The van der Waals surface area contributed by atoms with Crippen molar-refractivity contribution in [2.45, 2.75) is 78.1 Å². The van der Waals surface area contributed by atoms with Gasteiger partial charge in [0.25, 0.3) is 0 Å². The molecule has 0 saturated carbocycles. The van der Waals surface area contributed by atoms with Crippen LogP contribution >= 0.6 is 0 Å². The topological polar surface area (TPSA) is 26.0 Å². The minimum absolute atomic E-state index is 0.187. The lowest BCUT2D eigenvalue weighted by Crippen LogP contribution is -2.21. The molecule has 2 heteroatoms. The van der Waals surface area contributed by atoms with Crippen LogP contribution in [0.4, 0.5) is 0 Å². The fraction of sp³-hybridized carbons (Fsp3) is 0.800. The minimum Gasteiger partial charge on any atom is -0.361 e. The van der Waals surface area contributed by atoms with Crippen LogP contribution in [0.5, 0.6) is 0 Å². The molecule has 1 aromatic rings. The Morgan fingerprint density at radius 1 is 1.12 bits per heavy atom. The Morgan fingerprint density at radius 3 is 2.12 bits per heavy atom. The molecule has 0 saturated heterocycles. The third-order valence-electron chi connectivity index (χ3n) is 3.68. The van der Waals surface area contributed by atoms with Gasteiger partial charge in [-0.2, -0.15) is 0 Å². The highest BCUT2D eigenvalue weighted by atomic mass is 16.5. The van der Waals surface area contributed by atoms with Crippen LogP contribution < -0.4 is 0 Å². The molecule has 0 radical (unpaired) electrons. The molecule has 0 aromatic carbocycles. The van der Waals surface area contributed by atoms with Crippen LogP contribution in [-0.4, -0.2) is 5.16 Å². The molecule has 0 amide bonds. The molecule has 0 unspecified atom stereocenters. The van der Waals surface area contributed by atoms with Crippen molar-refractivity contribution in [1.29, 1.82) is 0 Å². The largest absolute Gasteiger partial charge is 0.361 e. The Morgan fingerprint density at radius 2 is 1.71 bits per heavy atom. The van der Waals surface area contributed by atoms with Crippen molar-refractivity contribution in [3.8, 4) is 0 Å². The Bertz CT molecular complexity index is 308. The lowest BCUT2D eigenvalue weighted by atomic mass is 9.78. The van der Waals surface area contributed by atoms with E-state index in [0.717, 1.165) is 17.9 Å². The maximum absolute atomic E-state index is 5.56. The molecule has 0 aliphatic rings. The summed E-state index contributed by atoms with van der Waals surface area (Å²) in [4.78, 5) is 0. The third kappa shape index (κ3) is 3.86. The van der Waals surface area contributed by atoms with E-state index in [0.29, 0.717) is 0 Å². The van der Waals surface area contributed by atoms with Crippen molar-refractivity contribution >= 4 is 0 Å². The second-order valence-electron chi connectivity index (χ2n) is 5.30. The highest BCUT2D eigenvalue weighted by Crippen LogP contribution is 2.35. The molecular formula is C15H27NO. The monoisotopic (exact) mass is 237 g/mol. The van der Waals surface area contributed by atoms with Gasteiger partial charge < -0.3 is 4.52 Å². The molecular weight excluding hydrogens is 210 g/mol. The summed E-state index contributed by atoms with van der Waals surface area (Å²) < 4.78 is 5.56. The fourth-order valence-corrected chi connectivity index (χ4v) is 2.27. The molecule has 0 aliphatic heterocycles. The summed E-state index contributed by atoms with van der Waals surface area (Å²) >= 11 is 0. The average Bonchev–Trinajstić information content (AvgIpc) is 2.83. The first-order valence-electron chi connectivity index (χ1n) is 7.12. The van der Waals surface area contributed by atoms with Gasteiger partial charge in [0.1, 0.15) is 5.76 Å². The lowest BCUT2D eigenvalue weighted by molar-refractivity contribution is 0.265. The summed E-state index contributed by atoms with van der Waals surface area (Å²) in [5, 5.41) is 4.14. The number of hydrogen-bond donors (Lipinski definition) is 0. The summed E-state index contributed by atoms with van der Waals surface area (Å²) in [7, 11) is 0. The number of nitrogens with zero attached hydrogens (tertiary/aromatic N) is 1. The summed E-state index contributed by atoms with van der Waals surface area (Å²) in [5.41, 5.74) is 1.27. The molecule has 98 valence electrons. The highest BCUT2D eigenvalue weighted by molar-refractivity contribution is 5.15. The normalized spacial score (nSPS) is 12.0. The van der Waals surface area contributed by atoms with Gasteiger partial charge in [-0.25, -0.2) is 0 Å². The van der Waals surface area contributed by atoms with Crippen molar-refractivity contribution in [2.75, 3.05) is 0 Å². The first kappa shape index (κ1) is 14.3. The van der Waals surface area contributed by atoms with E-state index < -0.39 is 0 Å². The molecule has 0 bridgehead atoms. The Kier molecular flexibility index (Phi) is 5.73. The van der Waals surface area contributed by atoms with Crippen LogP contribution in [0.25, 0.3) is 0 Å². The van der Waals surface area contributed by atoms with Gasteiger partial charge in [-0.05, 0) is 19.3 Å². The van der Waals surface area contributed by atoms with E-state index in [1.165, 1.54) is 38.5 Å². The molecule has 0 atom stereocenters. The molecule has 0 spiro atoms. The molecule has 1 aromatic heterocycles. The van der Waals surface area contributed by atoms with Crippen molar-refractivity contribution in [1.82, 2.24) is 5.16 Å². The van der Waals surface area contributed by atoms with Crippen molar-refractivity contribution in [3.63, 3.8) is 0 Å². The summed E-state index contributed by atoms with van der Waals surface area (Å²) in [6, 6.07) is 2.16. The Balaban J connectivity index is 2.79. The molecule has 17 heavy (non-hydrogen) atoms. The predicted octanol–water partition coefficient (Wildman–Crippen LogP) is 4.88. The van der Waals surface area contributed by atoms with Crippen LogP contribution in [0.1, 0.15) is 77.7 Å². The summed E-state index contributed by atoms with van der Waals surface area (Å²) in [6.45, 7) is 8.95. The number of hydrogen-bond acceptors (Lipinski definition) is 2. The molecule has 0 fully saturated rings. The van der Waals surface area contributed by atoms with E-state index in [1.54, 1.807) is 0 Å². The zero-order valence-electron chi connectivity index (χ0n) is 11.9. The maximum atomic E-state index is 5.56. The van der Waals surface area contributed by atoms with Gasteiger partial charge in [-0.15, -0.1) is 0 Å². The predicted molar refractivity (Wildman–Crippen MR) is 72.3 cm³/mol. The van der Waals surface area contributed by atoms with Gasteiger partial charge in [0.15, 0.2) is 0 Å². The van der Waals surface area contributed by atoms with E-state index in [2.05, 4.69) is 38.9 Å². The summed E-state index contributed by atoms with van der Waals surface area (Å²) in [6.07, 6.45) is 8.41. The molecule has 2 nitrogen and oxygen atoms in total. The van der Waals surface area contributed by atoms with Gasteiger partial charge in [0.05, 0.1) is 5.69 Å². The zero-order valence-corrected chi connectivity index (χ0v) is 11.9. The number of rotatable bonds is 8. The van der Waals surface area contributed by atoms with Crippen LogP contribution in [0, 0.1) is 0 Å². The average molecular weight is 237 g/mol. The van der Waals surface area contributed by atoms with Crippen LogP contribution in [0.15, 0.2) is 10.6 Å². The van der Waals surface area contributed by atoms with Crippen LogP contribution in [0.3, 0.4) is 0 Å². The molecule has 1 rings (SSSR count). The zero-order chi connectivity index (χ0) is 12.7. The summed E-state index contributed by atoms with van der Waals surface area (Å²) in [5.74, 6) is 1.09. The van der Waals surface area contributed by atoms with E-state index >= 15 is 0 Å². The maximum Gasteiger partial charge on any atom is 0.142 e. The van der Waals surface area contributed by atoms with E-state index in [4.69, 9.17) is 4.52 Å². The number of unbranched alkanes of at least 4 members (excludes halogenated alkanes) is 2. The first-order chi connectivity index (χ1) is 8.16. The first-order valence-corrected chi connectivity index (χ1v) is 7.12. The quantitative estimate of drug-likeness (QED) is 0.644. The van der Waals surface area contributed by atoms with Gasteiger partial charge in [-0.1, -0.05) is 58.5 Å². The highest BCUT2D eigenvalue weighted by Gasteiger charge is 2.29. The smallest absolute Gasteiger partial charge is 0.142 e. The minimum atomic E-state index is 0.187. The number of aromatic nitrogens is 1. The van der Waals surface area contributed by atoms with E-state index in [-0.39, 0.29) is 5.41 Å². The standard InChI is InChI=1S/C15H27NO/c1-5-8-10-15(4,11-9-6-2)14-12-13(7-3)16-17-14/h12H,5-11H2,1-4H3. The van der Waals surface area contributed by atoms with E-state index in [1.807, 2.05) is 0 Å². The SMILES string of the molecule is CCCCC(C)(CCCC)c1cc(CC)no1. The van der Waals surface area contributed by atoms with Crippen molar-refractivity contribution in [2.24, 2.45) is 0 Å². The van der Waals surface area contributed by atoms with Crippen molar-refractivity contribution < 1.29 is 4.52 Å². The number of aryl methyl sites for hydroxylation is 1. The van der Waals surface area contributed by atoms with Gasteiger partial charge in [0, 0.05) is 11.5 Å². The van der Waals surface area contributed by atoms with Crippen molar-refractivity contribution in [3.05, 3.63) is 17.5 Å². The van der Waals surface area contributed by atoms with Crippen LogP contribution in [-0.2, 0) is 11.8 Å². The van der Waals surface area contributed by atoms with Crippen LogP contribution in [0.2, 0.25) is 0 Å². The van der Waals surface area contributed by atoms with E-state index in [9.17, 15) is 0 Å². The Hall–Kier alpha value is -0.790. The Labute approximate surface area is 106 Å². The van der Waals surface area contributed by atoms with Gasteiger partial charge in [-0.3, -0.25) is 0 Å². The second-order valence-corrected chi connectivity index (χ2v) is 5.30. The van der Waals surface area contributed by atoms with Gasteiger partial charge >= 0.3 is 0 Å². The second kappa shape index (κ2) is 6.83.